The van der Waals surface area contributed by atoms with Crippen LogP contribution in [0.15, 0.2) is 47.3 Å². The van der Waals surface area contributed by atoms with E-state index in [0.717, 1.165) is 22.3 Å². The molecular weight excluding hydrogens is 410 g/mol. The highest BCUT2D eigenvalue weighted by molar-refractivity contribution is 5.79. The molecule has 2 aromatic carbocycles. The summed E-state index contributed by atoms with van der Waals surface area (Å²) in [6.45, 7) is 5.90. The molecule has 0 amide bonds. The molecule has 0 bridgehead atoms. The monoisotopic (exact) mass is 437 g/mol. The molecule has 0 radical (unpaired) electrons. The highest BCUT2D eigenvalue weighted by atomic mass is 16.7. The molecule has 168 valence electrons. The van der Waals surface area contributed by atoms with E-state index in [9.17, 15) is 9.59 Å². The summed E-state index contributed by atoms with van der Waals surface area (Å²) in [7, 11) is 2.84. The molecule has 0 saturated heterocycles. The summed E-state index contributed by atoms with van der Waals surface area (Å²) < 4.78 is 13.6. The largest absolute Gasteiger partial charge is 0.514 e. The predicted molar refractivity (Wildman–Crippen MR) is 121 cm³/mol. The Morgan fingerprint density at radius 3 is 2.19 bits per heavy atom. The third-order valence-corrected chi connectivity index (χ3v) is 5.81. The molecule has 1 aromatic heterocycles. The molecule has 8 nitrogen and oxygen atoms in total. The lowest BCUT2D eigenvalue weighted by Gasteiger charge is -2.16. The van der Waals surface area contributed by atoms with Crippen molar-refractivity contribution in [1.29, 1.82) is 0 Å². The van der Waals surface area contributed by atoms with E-state index >= 15 is 0 Å². The fourth-order valence-corrected chi connectivity index (χ4v) is 3.99. The molecule has 0 spiro atoms. The SMILES string of the molecule is COC(=O)Oc1c(-c2cc(-c3ccc(C)cc3)ccc2C)c(=O)n2n1CCN(OC)CC2. The number of hydroxylamine groups is 2. The Hall–Kier alpha value is -3.36. The maximum absolute atomic E-state index is 13.5. The van der Waals surface area contributed by atoms with Crippen LogP contribution in [0.3, 0.4) is 0 Å². The van der Waals surface area contributed by atoms with Crippen LogP contribution in [0, 0.1) is 13.8 Å². The fourth-order valence-electron chi connectivity index (χ4n) is 3.99. The summed E-state index contributed by atoms with van der Waals surface area (Å²) in [4.78, 5) is 30.9. The standard InChI is InChI=1S/C24H27N3O5/c1-16-5-8-18(9-6-16)19-10-7-17(2)20(15-19)21-22(28)26-13-11-25(31-4)12-14-27(26)23(21)32-24(29)30-3/h5-10,15H,11-14H2,1-4H3. The number of hydrogen-bond acceptors (Lipinski definition) is 6. The molecule has 0 atom stereocenters. The quantitative estimate of drug-likeness (QED) is 0.581. The summed E-state index contributed by atoms with van der Waals surface area (Å²) >= 11 is 0. The van der Waals surface area contributed by atoms with Crippen molar-refractivity contribution in [3.05, 3.63) is 63.9 Å². The Kier molecular flexibility index (Phi) is 6.16. The van der Waals surface area contributed by atoms with Gasteiger partial charge in [0.25, 0.3) is 5.56 Å². The van der Waals surface area contributed by atoms with E-state index in [0.29, 0.717) is 31.7 Å². The van der Waals surface area contributed by atoms with Gasteiger partial charge >= 0.3 is 6.16 Å². The molecular formula is C24H27N3O5. The molecule has 0 unspecified atom stereocenters. The number of benzene rings is 2. The lowest BCUT2D eigenvalue weighted by molar-refractivity contribution is -0.130. The third kappa shape index (κ3) is 4.06. The first-order valence-corrected chi connectivity index (χ1v) is 10.5. The minimum Gasteiger partial charge on any atom is -0.437 e. The van der Waals surface area contributed by atoms with Crippen LogP contribution < -0.4 is 10.3 Å². The number of fused-ring (bicyclic) bond motifs is 1. The van der Waals surface area contributed by atoms with Crippen LogP contribution in [-0.2, 0) is 22.7 Å². The molecule has 2 heterocycles. The smallest absolute Gasteiger partial charge is 0.437 e. The lowest BCUT2D eigenvalue weighted by Crippen LogP contribution is -2.27. The van der Waals surface area contributed by atoms with Gasteiger partial charge in [0.15, 0.2) is 0 Å². The van der Waals surface area contributed by atoms with Crippen LogP contribution in [0.25, 0.3) is 22.3 Å². The van der Waals surface area contributed by atoms with Crippen LogP contribution in [0.1, 0.15) is 11.1 Å². The Bertz CT molecular complexity index is 1190. The summed E-state index contributed by atoms with van der Waals surface area (Å²) in [6.07, 6.45) is -0.868. The van der Waals surface area contributed by atoms with Gasteiger partial charge in [0.1, 0.15) is 5.56 Å². The number of carbonyl (C=O) groups is 1. The van der Waals surface area contributed by atoms with Crippen molar-refractivity contribution < 1.29 is 19.1 Å². The Labute approximate surface area is 186 Å². The van der Waals surface area contributed by atoms with Gasteiger partial charge in [-0.1, -0.05) is 42.0 Å². The van der Waals surface area contributed by atoms with Crippen molar-refractivity contribution >= 4 is 6.16 Å². The first-order chi connectivity index (χ1) is 15.4. The number of ether oxygens (including phenoxy) is 2. The summed E-state index contributed by atoms with van der Waals surface area (Å²) in [5.41, 5.74) is 4.97. The van der Waals surface area contributed by atoms with Gasteiger partial charge in [-0.2, -0.15) is 5.06 Å². The van der Waals surface area contributed by atoms with Crippen LogP contribution >= 0.6 is 0 Å². The third-order valence-electron chi connectivity index (χ3n) is 5.81. The number of methoxy groups -OCH3 is 1. The summed E-state index contributed by atoms with van der Waals surface area (Å²) in [5.74, 6) is 0.184. The number of hydrogen-bond donors (Lipinski definition) is 0. The number of carbonyl (C=O) groups excluding carboxylic acids is 1. The Balaban J connectivity index is 1.88. The molecule has 1 aliphatic heterocycles. The van der Waals surface area contributed by atoms with E-state index < -0.39 is 6.16 Å². The maximum atomic E-state index is 13.5. The minimum absolute atomic E-state index is 0.184. The average Bonchev–Trinajstić information content (AvgIpc) is 2.94. The second-order valence-corrected chi connectivity index (χ2v) is 7.80. The fraction of sp³-hybridized carbons (Fsp3) is 0.333. The van der Waals surface area contributed by atoms with Crippen LogP contribution in [0.5, 0.6) is 5.88 Å². The lowest BCUT2D eigenvalue weighted by atomic mass is 9.96. The van der Waals surface area contributed by atoms with Gasteiger partial charge in [-0.3, -0.25) is 4.79 Å². The van der Waals surface area contributed by atoms with E-state index in [1.165, 1.54) is 12.7 Å². The molecule has 0 aliphatic carbocycles. The van der Waals surface area contributed by atoms with E-state index in [4.69, 9.17) is 14.3 Å². The van der Waals surface area contributed by atoms with Gasteiger partial charge in [-0.15, -0.1) is 0 Å². The molecule has 0 N–H and O–H groups in total. The Morgan fingerprint density at radius 2 is 1.53 bits per heavy atom. The first-order valence-electron chi connectivity index (χ1n) is 10.5. The zero-order valence-corrected chi connectivity index (χ0v) is 18.8. The molecule has 0 fully saturated rings. The summed E-state index contributed by atoms with van der Waals surface area (Å²) in [5, 5.41) is 1.77. The number of rotatable bonds is 4. The molecule has 4 rings (SSSR count). The van der Waals surface area contributed by atoms with Gasteiger partial charge in [-0.05, 0) is 42.2 Å². The molecule has 8 heteroatoms. The Morgan fingerprint density at radius 1 is 0.875 bits per heavy atom. The maximum Gasteiger partial charge on any atom is 0.514 e. The molecule has 3 aromatic rings. The number of aromatic nitrogens is 2. The van der Waals surface area contributed by atoms with Crippen LogP contribution in [-0.4, -0.2) is 47.9 Å². The van der Waals surface area contributed by atoms with Crippen molar-refractivity contribution in [2.75, 3.05) is 27.3 Å². The van der Waals surface area contributed by atoms with E-state index in [1.807, 2.05) is 32.0 Å². The van der Waals surface area contributed by atoms with Gasteiger partial charge in [0.05, 0.1) is 27.3 Å². The van der Waals surface area contributed by atoms with Crippen molar-refractivity contribution in [2.45, 2.75) is 26.9 Å². The second kappa shape index (κ2) is 9.02. The van der Waals surface area contributed by atoms with Gasteiger partial charge in [0.2, 0.25) is 5.88 Å². The van der Waals surface area contributed by atoms with E-state index in [2.05, 4.69) is 24.3 Å². The van der Waals surface area contributed by atoms with Crippen molar-refractivity contribution in [2.24, 2.45) is 0 Å². The predicted octanol–water partition coefficient (Wildman–Crippen LogP) is 3.62. The zero-order valence-electron chi connectivity index (χ0n) is 18.8. The van der Waals surface area contributed by atoms with Gasteiger partial charge in [-0.25, -0.2) is 14.2 Å². The molecule has 1 aliphatic rings. The van der Waals surface area contributed by atoms with Crippen LogP contribution in [0.2, 0.25) is 0 Å². The van der Waals surface area contributed by atoms with E-state index in [1.54, 1.807) is 21.5 Å². The number of nitrogens with zero attached hydrogens (tertiary/aromatic N) is 3. The number of aryl methyl sites for hydroxylation is 2. The van der Waals surface area contributed by atoms with Crippen molar-refractivity contribution in [1.82, 2.24) is 14.4 Å². The minimum atomic E-state index is -0.868. The van der Waals surface area contributed by atoms with Gasteiger partial charge in [0, 0.05) is 13.1 Å². The highest BCUT2D eigenvalue weighted by Crippen LogP contribution is 2.34. The second-order valence-electron chi connectivity index (χ2n) is 7.80. The summed E-state index contributed by atoms with van der Waals surface area (Å²) in [6, 6.07) is 14.2. The first kappa shape index (κ1) is 21.9. The zero-order chi connectivity index (χ0) is 22.8. The van der Waals surface area contributed by atoms with Crippen LogP contribution in [0.4, 0.5) is 4.79 Å². The normalized spacial score (nSPS) is 14.0. The van der Waals surface area contributed by atoms with Gasteiger partial charge < -0.3 is 14.3 Å². The molecule has 0 saturated carbocycles. The molecule has 32 heavy (non-hydrogen) atoms. The van der Waals surface area contributed by atoms with E-state index in [-0.39, 0.29) is 11.4 Å². The highest BCUT2D eigenvalue weighted by Gasteiger charge is 2.28. The topological polar surface area (TPSA) is 74.9 Å². The van der Waals surface area contributed by atoms with Crippen molar-refractivity contribution in [3.8, 4) is 28.1 Å². The van der Waals surface area contributed by atoms with Crippen molar-refractivity contribution in [3.63, 3.8) is 0 Å². The average molecular weight is 437 g/mol.